The van der Waals surface area contributed by atoms with E-state index in [0.29, 0.717) is 17.0 Å². The Morgan fingerprint density at radius 1 is 0.649 bits per heavy atom. The van der Waals surface area contributed by atoms with Crippen molar-refractivity contribution in [1.82, 2.24) is 9.38 Å². The molecule has 4 nitrogen and oxygen atoms in total. The number of fused-ring (bicyclic) bond motifs is 3. The highest BCUT2D eigenvalue weighted by Crippen LogP contribution is 2.51. The van der Waals surface area contributed by atoms with Gasteiger partial charge < -0.3 is 4.90 Å². The van der Waals surface area contributed by atoms with Gasteiger partial charge in [0.25, 0.3) is 0 Å². The molecule has 1 aliphatic heterocycles. The minimum absolute atomic E-state index is 0.0564. The molecule has 37 heavy (non-hydrogen) atoms. The van der Waals surface area contributed by atoms with Crippen LogP contribution in [0.5, 0.6) is 0 Å². The molecule has 176 valence electrons. The molecule has 6 aromatic rings. The summed E-state index contributed by atoms with van der Waals surface area (Å²) in [5, 5.41) is 0. The van der Waals surface area contributed by atoms with E-state index in [0.717, 1.165) is 28.3 Å². The first-order valence-electron chi connectivity index (χ1n) is 12.1. The van der Waals surface area contributed by atoms with Gasteiger partial charge in [-0.2, -0.15) is 0 Å². The van der Waals surface area contributed by atoms with Crippen LogP contribution < -0.4 is 4.90 Å². The molecule has 0 fully saturated rings. The van der Waals surface area contributed by atoms with E-state index in [4.69, 9.17) is 4.98 Å². The number of hydrogen-bond acceptors (Lipinski definition) is 4. The van der Waals surface area contributed by atoms with Gasteiger partial charge in [0.1, 0.15) is 17.0 Å². The third kappa shape index (κ3) is 3.63. The molecule has 0 unspecified atom stereocenters. The molecule has 0 saturated carbocycles. The van der Waals surface area contributed by atoms with Crippen LogP contribution >= 0.6 is 11.8 Å². The number of para-hydroxylation sites is 2. The Balaban J connectivity index is 1.32. The lowest BCUT2D eigenvalue weighted by atomic mass is 10.0. The molecule has 3 heterocycles. The summed E-state index contributed by atoms with van der Waals surface area (Å²) < 4.78 is 1.88. The van der Waals surface area contributed by atoms with Gasteiger partial charge >= 0.3 is 0 Å². The van der Waals surface area contributed by atoms with Crippen LogP contribution in [0, 0.1) is 0 Å². The molecule has 0 spiro atoms. The molecule has 0 saturated heterocycles. The van der Waals surface area contributed by atoms with Crippen molar-refractivity contribution in [2.45, 2.75) is 9.79 Å². The van der Waals surface area contributed by atoms with Crippen molar-refractivity contribution < 1.29 is 4.79 Å². The zero-order valence-corrected chi connectivity index (χ0v) is 20.6. The molecule has 1 aliphatic rings. The highest BCUT2D eigenvalue weighted by atomic mass is 32.2. The molecule has 0 aliphatic carbocycles. The fourth-order valence-electron chi connectivity index (χ4n) is 4.89. The maximum absolute atomic E-state index is 13.9. The highest BCUT2D eigenvalue weighted by molar-refractivity contribution is 7.99. The van der Waals surface area contributed by atoms with Crippen LogP contribution in [0.3, 0.4) is 0 Å². The Bertz CT molecular complexity index is 1730. The number of nitrogens with zero attached hydrogens (tertiary/aromatic N) is 3. The summed E-state index contributed by atoms with van der Waals surface area (Å²) in [7, 11) is 0. The van der Waals surface area contributed by atoms with Crippen molar-refractivity contribution in [3.63, 3.8) is 0 Å². The Labute approximate surface area is 218 Å². The first-order valence-corrected chi connectivity index (χ1v) is 12.9. The predicted octanol–water partition coefficient (Wildman–Crippen LogP) is 8.17. The Morgan fingerprint density at radius 2 is 1.27 bits per heavy atom. The van der Waals surface area contributed by atoms with Gasteiger partial charge in [-0.1, -0.05) is 72.4 Å². The topological polar surface area (TPSA) is 37.6 Å². The van der Waals surface area contributed by atoms with Crippen LogP contribution in [0.1, 0.15) is 16.1 Å². The van der Waals surface area contributed by atoms with Gasteiger partial charge in [-0.3, -0.25) is 9.20 Å². The smallest absolute Gasteiger partial charge is 0.212 e. The van der Waals surface area contributed by atoms with E-state index >= 15 is 0 Å². The summed E-state index contributed by atoms with van der Waals surface area (Å²) in [6, 6.07) is 40.4. The monoisotopic (exact) mass is 495 g/mol. The van der Waals surface area contributed by atoms with Crippen molar-refractivity contribution in [3.05, 3.63) is 139 Å². The summed E-state index contributed by atoms with van der Waals surface area (Å²) in [5.41, 5.74) is 6.84. The van der Waals surface area contributed by atoms with Crippen molar-refractivity contribution in [2.24, 2.45) is 0 Å². The Kier molecular flexibility index (Phi) is 5.15. The second-order valence-electron chi connectivity index (χ2n) is 8.85. The predicted molar refractivity (Wildman–Crippen MR) is 149 cm³/mol. The van der Waals surface area contributed by atoms with Crippen LogP contribution in [0.4, 0.5) is 17.1 Å². The van der Waals surface area contributed by atoms with Crippen molar-refractivity contribution in [1.29, 1.82) is 0 Å². The van der Waals surface area contributed by atoms with Gasteiger partial charge in [0.15, 0.2) is 0 Å². The largest absolute Gasteiger partial charge is 0.308 e. The minimum atomic E-state index is -0.0564. The van der Waals surface area contributed by atoms with E-state index in [1.54, 1.807) is 11.8 Å². The van der Waals surface area contributed by atoms with E-state index in [9.17, 15) is 4.79 Å². The molecule has 7 rings (SSSR count). The third-order valence-corrected chi connectivity index (χ3v) is 7.74. The van der Waals surface area contributed by atoms with E-state index in [1.807, 2.05) is 83.4 Å². The number of anilines is 3. The maximum atomic E-state index is 13.9. The maximum Gasteiger partial charge on any atom is 0.212 e. The van der Waals surface area contributed by atoms with Crippen molar-refractivity contribution >= 4 is 40.3 Å². The molecule has 2 aromatic heterocycles. The van der Waals surface area contributed by atoms with Crippen LogP contribution in [0.2, 0.25) is 0 Å². The zero-order chi connectivity index (χ0) is 24.8. The number of benzene rings is 4. The molecular formula is C32H21N3OS. The standard InChI is InChI=1S/C32H21N3OS/c36-32(31-30(22-10-2-1-3-11-22)33-29-16-8-9-21-34(29)31)23-17-19-24(20-18-23)35-25-12-4-6-14-27(25)37-28-15-7-5-13-26(28)35/h1-21H. The fraction of sp³-hybridized carbons (Fsp3) is 0. The summed E-state index contributed by atoms with van der Waals surface area (Å²) in [4.78, 5) is 23.4. The van der Waals surface area contributed by atoms with Gasteiger partial charge in [-0.25, -0.2) is 4.98 Å². The van der Waals surface area contributed by atoms with E-state index in [1.165, 1.54) is 9.79 Å². The average molecular weight is 496 g/mol. The van der Waals surface area contributed by atoms with Crippen molar-refractivity contribution in [2.75, 3.05) is 4.90 Å². The average Bonchev–Trinajstić information content (AvgIpc) is 3.36. The number of carbonyl (C=O) groups is 1. The Morgan fingerprint density at radius 3 is 1.97 bits per heavy atom. The summed E-state index contributed by atoms with van der Waals surface area (Å²) in [5.74, 6) is -0.0564. The molecule has 0 radical (unpaired) electrons. The van der Waals surface area contributed by atoms with Crippen LogP contribution in [-0.4, -0.2) is 15.2 Å². The SMILES string of the molecule is O=C(c1ccc(N2c3ccccc3Sc3ccccc32)cc1)c1c(-c2ccccc2)nc2ccccn12. The van der Waals surface area contributed by atoms with Gasteiger partial charge in [0, 0.05) is 32.8 Å². The number of aromatic nitrogens is 2. The molecule has 0 N–H and O–H groups in total. The second-order valence-corrected chi connectivity index (χ2v) is 9.94. The van der Waals surface area contributed by atoms with E-state index in [-0.39, 0.29) is 5.78 Å². The minimum Gasteiger partial charge on any atom is -0.308 e. The number of rotatable bonds is 4. The van der Waals surface area contributed by atoms with Crippen LogP contribution in [0.15, 0.2) is 137 Å². The van der Waals surface area contributed by atoms with Crippen molar-refractivity contribution in [3.8, 4) is 11.3 Å². The first kappa shape index (κ1) is 21.7. The molecule has 4 aromatic carbocycles. The molecule has 0 bridgehead atoms. The lowest BCUT2D eigenvalue weighted by Crippen LogP contribution is -2.15. The zero-order valence-electron chi connectivity index (χ0n) is 19.8. The number of hydrogen-bond donors (Lipinski definition) is 0. The number of carbonyl (C=O) groups excluding carboxylic acids is 1. The molecule has 5 heteroatoms. The summed E-state index contributed by atoms with van der Waals surface area (Å²) in [6.07, 6.45) is 1.90. The third-order valence-electron chi connectivity index (χ3n) is 6.61. The number of imidazole rings is 1. The van der Waals surface area contributed by atoms with Gasteiger partial charge in [-0.05, 0) is 60.7 Å². The summed E-state index contributed by atoms with van der Waals surface area (Å²) in [6.45, 7) is 0. The van der Waals surface area contributed by atoms with Gasteiger partial charge in [0.2, 0.25) is 5.78 Å². The van der Waals surface area contributed by atoms with Crippen LogP contribution in [-0.2, 0) is 0 Å². The first-order chi connectivity index (χ1) is 18.3. The van der Waals surface area contributed by atoms with Crippen LogP contribution in [0.25, 0.3) is 16.9 Å². The molecule has 0 amide bonds. The normalized spacial score (nSPS) is 12.3. The second kappa shape index (κ2) is 8.80. The lowest BCUT2D eigenvalue weighted by Gasteiger charge is -2.32. The van der Waals surface area contributed by atoms with E-state index in [2.05, 4.69) is 53.4 Å². The van der Waals surface area contributed by atoms with Gasteiger partial charge in [-0.15, -0.1) is 0 Å². The lowest BCUT2D eigenvalue weighted by molar-refractivity contribution is 0.103. The summed E-state index contributed by atoms with van der Waals surface area (Å²) >= 11 is 1.78. The quantitative estimate of drug-likeness (QED) is 0.231. The Hall–Kier alpha value is -4.61. The number of ketones is 1. The highest BCUT2D eigenvalue weighted by Gasteiger charge is 2.25. The molecule has 0 atom stereocenters. The fourth-order valence-corrected chi connectivity index (χ4v) is 5.95. The number of pyridine rings is 1. The van der Waals surface area contributed by atoms with Gasteiger partial charge in [0.05, 0.1) is 11.4 Å². The molecular weight excluding hydrogens is 474 g/mol. The van der Waals surface area contributed by atoms with E-state index < -0.39 is 0 Å².